The Kier molecular flexibility index (Phi) is 3.83. The van der Waals surface area contributed by atoms with E-state index < -0.39 is 5.97 Å². The Morgan fingerprint density at radius 3 is 2.56 bits per heavy atom. The summed E-state index contributed by atoms with van der Waals surface area (Å²) in [5.74, 6) is -1.11. The third kappa shape index (κ3) is 3.57. The van der Waals surface area contributed by atoms with Crippen LogP contribution in [0.1, 0.15) is 18.1 Å². The highest BCUT2D eigenvalue weighted by molar-refractivity contribution is 5.89. The van der Waals surface area contributed by atoms with Crippen LogP contribution in [0.15, 0.2) is 24.3 Å². The Bertz CT molecular complexity index is 450. The summed E-state index contributed by atoms with van der Waals surface area (Å²) in [6.45, 7) is 3.29. The molecule has 0 unspecified atom stereocenters. The highest BCUT2D eigenvalue weighted by Crippen LogP contribution is 2.16. The van der Waals surface area contributed by atoms with Crippen LogP contribution in [0.3, 0.4) is 0 Å². The van der Waals surface area contributed by atoms with Gasteiger partial charge in [0.25, 0.3) is 0 Å². The Hall–Kier alpha value is -2.10. The zero-order chi connectivity index (χ0) is 12.1. The van der Waals surface area contributed by atoms with Gasteiger partial charge in [-0.1, -0.05) is 6.07 Å². The molecule has 1 aromatic carbocycles. The van der Waals surface area contributed by atoms with Crippen molar-refractivity contribution in [3.05, 3.63) is 35.4 Å². The van der Waals surface area contributed by atoms with Crippen LogP contribution in [0.25, 0.3) is 6.08 Å². The van der Waals surface area contributed by atoms with Gasteiger partial charge in [-0.3, -0.25) is 4.79 Å². The van der Waals surface area contributed by atoms with E-state index in [1.165, 1.54) is 13.0 Å². The number of benzene rings is 1. The number of hydrogen-bond donors (Lipinski definition) is 2. The van der Waals surface area contributed by atoms with Crippen molar-refractivity contribution in [3.8, 4) is 0 Å². The summed E-state index contributed by atoms with van der Waals surface area (Å²) >= 11 is 0. The van der Waals surface area contributed by atoms with Crippen molar-refractivity contribution in [2.45, 2.75) is 13.8 Å². The van der Waals surface area contributed by atoms with Crippen molar-refractivity contribution < 1.29 is 14.7 Å². The molecule has 0 saturated carbocycles. The smallest absolute Gasteiger partial charge is 0.328 e. The average Bonchev–Trinajstić information content (AvgIpc) is 2.15. The predicted molar refractivity (Wildman–Crippen MR) is 62.2 cm³/mol. The fourth-order valence-electron chi connectivity index (χ4n) is 1.30. The van der Waals surface area contributed by atoms with E-state index in [9.17, 15) is 9.59 Å². The number of carbonyl (C=O) groups is 2. The lowest BCUT2D eigenvalue weighted by molar-refractivity contribution is -0.131. The normalized spacial score (nSPS) is 10.4. The van der Waals surface area contributed by atoms with E-state index >= 15 is 0 Å². The summed E-state index contributed by atoms with van der Waals surface area (Å²) < 4.78 is 0. The molecule has 0 aliphatic carbocycles. The summed E-state index contributed by atoms with van der Waals surface area (Å²) in [5, 5.41) is 11.2. The molecule has 0 aromatic heterocycles. The molecule has 16 heavy (non-hydrogen) atoms. The second kappa shape index (κ2) is 5.11. The lowest BCUT2D eigenvalue weighted by Crippen LogP contribution is -2.05. The molecule has 0 radical (unpaired) electrons. The number of anilines is 1. The van der Waals surface area contributed by atoms with Crippen LogP contribution < -0.4 is 5.32 Å². The van der Waals surface area contributed by atoms with Crippen molar-refractivity contribution in [1.82, 2.24) is 0 Å². The zero-order valence-electron chi connectivity index (χ0n) is 9.15. The summed E-state index contributed by atoms with van der Waals surface area (Å²) in [4.78, 5) is 21.2. The number of amides is 1. The SMILES string of the molecule is CC(=O)Nc1ccc(/C=C\C(=O)O)c(C)c1. The van der Waals surface area contributed by atoms with Crippen LogP contribution in [0.5, 0.6) is 0 Å². The first-order chi connectivity index (χ1) is 7.49. The minimum atomic E-state index is -0.981. The van der Waals surface area contributed by atoms with Crippen LogP contribution >= 0.6 is 0 Å². The van der Waals surface area contributed by atoms with Gasteiger partial charge in [-0.05, 0) is 36.3 Å². The topological polar surface area (TPSA) is 66.4 Å². The lowest BCUT2D eigenvalue weighted by atomic mass is 10.1. The molecular formula is C12H13NO3. The average molecular weight is 219 g/mol. The van der Waals surface area contributed by atoms with Crippen molar-refractivity contribution in [1.29, 1.82) is 0 Å². The Labute approximate surface area is 93.6 Å². The van der Waals surface area contributed by atoms with Gasteiger partial charge in [0.15, 0.2) is 0 Å². The van der Waals surface area contributed by atoms with Gasteiger partial charge in [-0.25, -0.2) is 4.79 Å². The number of carboxylic acid groups (broad SMARTS) is 1. The van der Waals surface area contributed by atoms with Crippen LogP contribution in [0.2, 0.25) is 0 Å². The molecule has 0 heterocycles. The van der Waals surface area contributed by atoms with E-state index in [1.54, 1.807) is 18.2 Å². The van der Waals surface area contributed by atoms with E-state index in [0.717, 1.165) is 17.2 Å². The Morgan fingerprint density at radius 2 is 2.06 bits per heavy atom. The first-order valence-corrected chi connectivity index (χ1v) is 4.78. The highest BCUT2D eigenvalue weighted by atomic mass is 16.4. The van der Waals surface area contributed by atoms with Gasteiger partial charge in [-0.2, -0.15) is 0 Å². The van der Waals surface area contributed by atoms with Crippen molar-refractivity contribution in [2.24, 2.45) is 0 Å². The number of nitrogens with one attached hydrogen (secondary N) is 1. The molecule has 2 N–H and O–H groups in total. The number of hydrogen-bond acceptors (Lipinski definition) is 2. The second-order valence-electron chi connectivity index (χ2n) is 3.42. The molecule has 4 nitrogen and oxygen atoms in total. The molecule has 0 saturated heterocycles. The summed E-state index contributed by atoms with van der Waals surface area (Å²) in [5.41, 5.74) is 2.43. The molecule has 0 spiro atoms. The van der Waals surface area contributed by atoms with Crippen molar-refractivity contribution in [2.75, 3.05) is 5.32 Å². The number of carboxylic acids is 1. The largest absolute Gasteiger partial charge is 0.478 e. The fraction of sp³-hybridized carbons (Fsp3) is 0.167. The predicted octanol–water partition coefficient (Wildman–Crippen LogP) is 2.05. The molecule has 1 amide bonds. The van der Waals surface area contributed by atoms with Crippen molar-refractivity contribution >= 4 is 23.6 Å². The maximum Gasteiger partial charge on any atom is 0.328 e. The van der Waals surface area contributed by atoms with Gasteiger partial charge >= 0.3 is 5.97 Å². The zero-order valence-corrected chi connectivity index (χ0v) is 9.15. The fourth-order valence-corrected chi connectivity index (χ4v) is 1.30. The van der Waals surface area contributed by atoms with E-state index in [2.05, 4.69) is 5.32 Å². The molecule has 0 atom stereocenters. The quantitative estimate of drug-likeness (QED) is 0.764. The minimum Gasteiger partial charge on any atom is -0.478 e. The number of aliphatic carboxylic acids is 1. The van der Waals surface area contributed by atoms with Gasteiger partial charge in [0.2, 0.25) is 5.91 Å². The third-order valence-corrected chi connectivity index (χ3v) is 2.00. The molecule has 0 aliphatic rings. The molecule has 1 aromatic rings. The molecule has 0 fully saturated rings. The summed E-state index contributed by atoms with van der Waals surface area (Å²) in [6, 6.07) is 5.29. The summed E-state index contributed by atoms with van der Waals surface area (Å²) in [7, 11) is 0. The molecule has 4 heteroatoms. The van der Waals surface area contributed by atoms with Gasteiger partial charge in [0.05, 0.1) is 0 Å². The van der Waals surface area contributed by atoms with E-state index in [4.69, 9.17) is 5.11 Å². The molecule has 0 bridgehead atoms. The standard InChI is InChI=1S/C12H13NO3/c1-8-7-11(13-9(2)14)5-3-10(8)4-6-12(15)16/h3-7H,1-2H3,(H,13,14)(H,15,16)/b6-4-. The van der Waals surface area contributed by atoms with E-state index in [0.29, 0.717) is 5.69 Å². The van der Waals surface area contributed by atoms with Crippen LogP contribution in [-0.2, 0) is 9.59 Å². The molecular weight excluding hydrogens is 206 g/mol. The minimum absolute atomic E-state index is 0.131. The van der Waals surface area contributed by atoms with E-state index in [1.807, 2.05) is 6.92 Å². The third-order valence-electron chi connectivity index (χ3n) is 2.00. The van der Waals surface area contributed by atoms with Crippen LogP contribution in [-0.4, -0.2) is 17.0 Å². The van der Waals surface area contributed by atoms with Crippen LogP contribution in [0, 0.1) is 6.92 Å². The maximum atomic E-state index is 10.8. The van der Waals surface area contributed by atoms with Gasteiger partial charge < -0.3 is 10.4 Å². The number of aryl methyl sites for hydroxylation is 1. The van der Waals surface area contributed by atoms with Gasteiger partial charge in [0.1, 0.15) is 0 Å². The summed E-state index contributed by atoms with van der Waals surface area (Å²) in [6.07, 6.45) is 2.61. The Balaban J connectivity index is 2.91. The molecule has 0 aliphatic heterocycles. The maximum absolute atomic E-state index is 10.8. The second-order valence-corrected chi connectivity index (χ2v) is 3.42. The first-order valence-electron chi connectivity index (χ1n) is 4.78. The monoisotopic (exact) mass is 219 g/mol. The highest BCUT2D eigenvalue weighted by Gasteiger charge is 1.99. The van der Waals surface area contributed by atoms with Gasteiger partial charge in [0, 0.05) is 18.7 Å². The van der Waals surface area contributed by atoms with E-state index in [-0.39, 0.29) is 5.91 Å². The Morgan fingerprint density at radius 1 is 1.38 bits per heavy atom. The van der Waals surface area contributed by atoms with Crippen LogP contribution in [0.4, 0.5) is 5.69 Å². The van der Waals surface area contributed by atoms with Gasteiger partial charge in [-0.15, -0.1) is 0 Å². The first kappa shape index (κ1) is 12.0. The lowest BCUT2D eigenvalue weighted by Gasteiger charge is -2.05. The van der Waals surface area contributed by atoms with Crippen molar-refractivity contribution in [3.63, 3.8) is 0 Å². The molecule has 1 rings (SSSR count). The number of rotatable bonds is 3. The number of carbonyl (C=O) groups excluding carboxylic acids is 1. The molecule has 84 valence electrons.